The molecule has 0 heterocycles. The van der Waals surface area contributed by atoms with E-state index in [2.05, 4.69) is 4.36 Å². The average molecular weight is 418 g/mol. The fourth-order valence-electron chi connectivity index (χ4n) is 3.36. The number of nitrogens with zero attached hydrogens (tertiary/aromatic N) is 1. The number of hydrogen-bond acceptors (Lipinski definition) is 2. The van der Waals surface area contributed by atoms with Crippen LogP contribution < -0.4 is 0 Å². The molecule has 0 radical (unpaired) electrons. The average Bonchev–Trinajstić information content (AvgIpc) is 2.61. The monoisotopic (exact) mass is 417 g/mol. The van der Waals surface area contributed by atoms with Gasteiger partial charge in [0.1, 0.15) is 5.82 Å². The van der Waals surface area contributed by atoms with Gasteiger partial charge in [0.25, 0.3) is 5.91 Å². The van der Waals surface area contributed by atoms with Gasteiger partial charge in [-0.25, -0.2) is 4.39 Å². The number of carbonyl (C=O) groups excluding carboxylic acids is 1. The van der Waals surface area contributed by atoms with Crippen LogP contribution in [0.1, 0.15) is 75.6 Å². The summed E-state index contributed by atoms with van der Waals surface area (Å²) in [4.78, 5) is 13.7. The molecule has 1 N–H and O–H groups in total. The van der Waals surface area contributed by atoms with E-state index in [1.165, 1.54) is 0 Å². The van der Waals surface area contributed by atoms with Crippen LogP contribution in [0.15, 0.2) is 45.7 Å². The number of halogens is 1. The van der Waals surface area contributed by atoms with Crippen molar-refractivity contribution >= 4 is 16.6 Å². The Morgan fingerprint density at radius 2 is 1.55 bits per heavy atom. The predicted molar refractivity (Wildman–Crippen MR) is 119 cm³/mol. The summed E-state index contributed by atoms with van der Waals surface area (Å²) in [5, 5.41) is 10.1. The van der Waals surface area contributed by atoms with Crippen LogP contribution in [-0.4, -0.2) is 17.3 Å². The minimum absolute atomic E-state index is 0.125. The molecule has 0 aliphatic carbocycles. The first-order chi connectivity index (χ1) is 13.4. The largest absolute Gasteiger partial charge is 0.386 e. The van der Waals surface area contributed by atoms with Crippen LogP contribution in [0.5, 0.6) is 0 Å². The third-order valence-electron chi connectivity index (χ3n) is 5.00. The molecule has 158 valence electrons. The van der Waals surface area contributed by atoms with Gasteiger partial charge in [-0.1, -0.05) is 50.5 Å². The number of benzene rings is 2. The molecule has 5 heteroatoms. The zero-order chi connectivity index (χ0) is 21.9. The van der Waals surface area contributed by atoms with Gasteiger partial charge < -0.3 is 5.11 Å². The minimum Gasteiger partial charge on any atom is -0.386 e. The van der Waals surface area contributed by atoms with Crippen molar-refractivity contribution in [3.05, 3.63) is 64.5 Å². The van der Waals surface area contributed by atoms with Crippen molar-refractivity contribution in [3.8, 4) is 0 Å². The van der Waals surface area contributed by atoms with E-state index in [1.807, 2.05) is 58.2 Å². The lowest BCUT2D eigenvalue weighted by Crippen LogP contribution is -2.15. The van der Waals surface area contributed by atoms with Crippen LogP contribution in [0.3, 0.4) is 0 Å². The van der Waals surface area contributed by atoms with Gasteiger partial charge in [-0.05, 0) is 78.5 Å². The van der Waals surface area contributed by atoms with Crippen molar-refractivity contribution in [1.29, 1.82) is 0 Å². The van der Waals surface area contributed by atoms with Crippen LogP contribution in [-0.2, 0) is 27.5 Å². The van der Waals surface area contributed by atoms with Crippen molar-refractivity contribution < 1.29 is 14.3 Å². The van der Waals surface area contributed by atoms with Crippen LogP contribution >= 0.6 is 0 Å². The van der Waals surface area contributed by atoms with E-state index in [4.69, 9.17) is 0 Å². The first-order valence-corrected chi connectivity index (χ1v) is 11.5. The van der Waals surface area contributed by atoms with E-state index in [1.54, 1.807) is 26.0 Å². The van der Waals surface area contributed by atoms with Crippen molar-refractivity contribution in [3.63, 3.8) is 0 Å². The Morgan fingerprint density at radius 1 is 1.07 bits per heavy atom. The highest BCUT2D eigenvalue weighted by atomic mass is 32.2. The molecule has 0 saturated heterocycles. The van der Waals surface area contributed by atoms with Gasteiger partial charge >= 0.3 is 0 Å². The zero-order valence-corrected chi connectivity index (χ0v) is 19.2. The number of aliphatic hydroxyl groups is 1. The molecule has 0 fully saturated rings. The Kier molecular flexibility index (Phi) is 7.52. The highest BCUT2D eigenvalue weighted by Crippen LogP contribution is 2.30. The number of rotatable bonds is 6. The third-order valence-corrected chi connectivity index (χ3v) is 6.43. The summed E-state index contributed by atoms with van der Waals surface area (Å²) < 4.78 is 18.5. The smallest absolute Gasteiger partial charge is 0.256 e. The molecule has 0 aromatic heterocycles. The summed E-state index contributed by atoms with van der Waals surface area (Å²) in [5.74, 6) is -0.203. The second-order valence-electron chi connectivity index (χ2n) is 8.60. The molecule has 1 unspecified atom stereocenters. The lowest BCUT2D eigenvalue weighted by molar-refractivity contribution is -0.117. The normalized spacial score (nSPS) is 13.3. The van der Waals surface area contributed by atoms with Gasteiger partial charge in [-0.3, -0.25) is 4.79 Å². The highest BCUT2D eigenvalue weighted by molar-refractivity contribution is 7.86. The van der Waals surface area contributed by atoms with Crippen molar-refractivity contribution in [2.24, 2.45) is 4.36 Å². The van der Waals surface area contributed by atoms with Crippen molar-refractivity contribution in [2.75, 3.05) is 6.26 Å². The Hall–Kier alpha value is -1.85. The second-order valence-corrected chi connectivity index (χ2v) is 10.2. The maximum atomic E-state index is 14.1. The third kappa shape index (κ3) is 6.06. The number of hydrogen-bond donors (Lipinski definition) is 1. The van der Waals surface area contributed by atoms with E-state index in [-0.39, 0.29) is 30.0 Å². The fraction of sp³-hybridized carbons (Fsp3) is 0.458. The van der Waals surface area contributed by atoms with Gasteiger partial charge in [-0.2, -0.15) is 4.36 Å². The SMILES string of the molecule is CC(C)c1cc(F)cc(C(C)C)c1CC(=O)/N=S(/C)c1ccc(C(C)(C)O)cc1. The lowest BCUT2D eigenvalue weighted by atomic mass is 9.87. The second kappa shape index (κ2) is 9.31. The lowest BCUT2D eigenvalue weighted by Gasteiger charge is -2.19. The van der Waals surface area contributed by atoms with Gasteiger partial charge in [0.05, 0.1) is 12.0 Å². The molecule has 0 aliphatic rings. The molecule has 0 spiro atoms. The van der Waals surface area contributed by atoms with E-state index in [9.17, 15) is 14.3 Å². The van der Waals surface area contributed by atoms with Crippen LogP contribution in [0, 0.1) is 5.82 Å². The Bertz CT molecular complexity index is 880. The quantitative estimate of drug-likeness (QED) is 0.640. The topological polar surface area (TPSA) is 49.7 Å². The molecular formula is C24H32FNO2S. The maximum Gasteiger partial charge on any atom is 0.256 e. The van der Waals surface area contributed by atoms with Gasteiger partial charge in [-0.15, -0.1) is 0 Å². The first kappa shape index (κ1) is 23.4. The maximum absolute atomic E-state index is 14.1. The summed E-state index contributed by atoms with van der Waals surface area (Å²) in [5.41, 5.74) is 2.57. The van der Waals surface area contributed by atoms with Crippen LogP contribution in [0.2, 0.25) is 0 Å². The predicted octanol–water partition coefficient (Wildman–Crippen LogP) is 5.86. The molecule has 1 atom stereocenters. The van der Waals surface area contributed by atoms with Gasteiger partial charge in [0.15, 0.2) is 0 Å². The summed E-state index contributed by atoms with van der Waals surface area (Å²) in [7, 11) is -0.591. The molecule has 1 amide bonds. The van der Waals surface area contributed by atoms with Crippen molar-refractivity contribution in [2.45, 2.75) is 70.3 Å². The van der Waals surface area contributed by atoms with E-state index >= 15 is 0 Å². The Balaban J connectivity index is 2.32. The Labute approximate surface area is 176 Å². The zero-order valence-electron chi connectivity index (χ0n) is 18.4. The van der Waals surface area contributed by atoms with E-state index < -0.39 is 16.3 Å². The number of amides is 1. The van der Waals surface area contributed by atoms with Crippen LogP contribution in [0.25, 0.3) is 0 Å². The summed E-state index contributed by atoms with van der Waals surface area (Å²) >= 11 is 0. The van der Waals surface area contributed by atoms with Crippen molar-refractivity contribution in [1.82, 2.24) is 0 Å². The summed E-state index contributed by atoms with van der Waals surface area (Å²) in [6.07, 6.45) is 2.09. The molecule has 0 aliphatic heterocycles. The Morgan fingerprint density at radius 3 is 1.97 bits per heavy atom. The number of carbonyl (C=O) groups is 1. The fourth-order valence-corrected chi connectivity index (χ4v) is 4.37. The molecule has 3 nitrogen and oxygen atoms in total. The molecule has 0 saturated carbocycles. The van der Waals surface area contributed by atoms with Gasteiger partial charge in [0.2, 0.25) is 0 Å². The highest BCUT2D eigenvalue weighted by Gasteiger charge is 2.19. The molecule has 2 rings (SSSR count). The standard InChI is InChI=1S/C24H32FNO2S/c1-15(2)20-12-18(25)13-21(16(3)4)22(20)14-23(27)26-29(7)19-10-8-17(9-11-19)24(5,6)28/h8-13,15-16,28H,14H2,1-7H3. The van der Waals surface area contributed by atoms with E-state index in [0.717, 1.165) is 27.1 Å². The molecular weight excluding hydrogens is 385 g/mol. The summed E-state index contributed by atoms with van der Waals surface area (Å²) in [6, 6.07) is 10.6. The van der Waals surface area contributed by atoms with Crippen LogP contribution in [0.4, 0.5) is 4.39 Å². The summed E-state index contributed by atoms with van der Waals surface area (Å²) in [6.45, 7) is 11.5. The molecule has 2 aromatic carbocycles. The van der Waals surface area contributed by atoms with Gasteiger partial charge in [0, 0.05) is 4.90 Å². The molecule has 0 bridgehead atoms. The van der Waals surface area contributed by atoms with E-state index in [0.29, 0.717) is 0 Å². The molecule has 29 heavy (non-hydrogen) atoms. The first-order valence-electron chi connectivity index (χ1n) is 9.96. The molecule has 2 aromatic rings. The minimum atomic E-state index is -0.902.